The summed E-state index contributed by atoms with van der Waals surface area (Å²) in [4.78, 5) is 11.8. The minimum absolute atomic E-state index is 0.00387. The van der Waals surface area contributed by atoms with Gasteiger partial charge in [0.25, 0.3) is 0 Å². The van der Waals surface area contributed by atoms with Crippen LogP contribution < -0.4 is 14.8 Å². The molecule has 5 nitrogen and oxygen atoms in total. The molecule has 1 amide bonds. The molecule has 0 saturated carbocycles. The van der Waals surface area contributed by atoms with E-state index in [1.54, 1.807) is 6.92 Å². The SMILES string of the molecule is CC(O)CC(C)NC(=O)CCc1ccc2c(c1)OCO2. The molecule has 0 spiro atoms. The van der Waals surface area contributed by atoms with Crippen molar-refractivity contribution in [1.82, 2.24) is 5.32 Å². The van der Waals surface area contributed by atoms with Gasteiger partial charge >= 0.3 is 0 Å². The fourth-order valence-electron chi connectivity index (χ4n) is 2.27. The molecule has 1 aliphatic rings. The molecule has 2 unspecified atom stereocenters. The van der Waals surface area contributed by atoms with Gasteiger partial charge in [0.1, 0.15) is 0 Å². The van der Waals surface area contributed by atoms with Gasteiger partial charge in [-0.25, -0.2) is 0 Å². The number of aryl methyl sites for hydroxylation is 1. The molecule has 1 aromatic carbocycles. The van der Waals surface area contributed by atoms with Gasteiger partial charge in [-0.1, -0.05) is 6.07 Å². The number of amides is 1. The van der Waals surface area contributed by atoms with Crippen LogP contribution in [0.2, 0.25) is 0 Å². The fraction of sp³-hybridized carbons (Fsp3) is 0.533. The molecule has 1 heterocycles. The maximum absolute atomic E-state index is 11.8. The van der Waals surface area contributed by atoms with Crippen molar-refractivity contribution in [3.05, 3.63) is 23.8 Å². The molecule has 0 saturated heterocycles. The van der Waals surface area contributed by atoms with E-state index in [9.17, 15) is 9.90 Å². The first-order chi connectivity index (χ1) is 9.54. The van der Waals surface area contributed by atoms with Crippen molar-refractivity contribution < 1.29 is 19.4 Å². The molecule has 0 radical (unpaired) electrons. The molecule has 5 heteroatoms. The van der Waals surface area contributed by atoms with Gasteiger partial charge in [-0.2, -0.15) is 0 Å². The molecule has 0 fully saturated rings. The van der Waals surface area contributed by atoms with Crippen LogP contribution in [0, 0.1) is 0 Å². The summed E-state index contributed by atoms with van der Waals surface area (Å²) in [6, 6.07) is 5.71. The average Bonchev–Trinajstić information content (AvgIpc) is 2.82. The van der Waals surface area contributed by atoms with E-state index in [1.807, 2.05) is 25.1 Å². The van der Waals surface area contributed by atoms with Gasteiger partial charge in [0, 0.05) is 12.5 Å². The summed E-state index contributed by atoms with van der Waals surface area (Å²) in [5.74, 6) is 1.49. The number of ether oxygens (including phenoxy) is 2. The Hall–Kier alpha value is -1.75. The number of hydrogen-bond donors (Lipinski definition) is 2. The summed E-state index contributed by atoms with van der Waals surface area (Å²) in [5, 5.41) is 12.1. The van der Waals surface area contributed by atoms with E-state index in [-0.39, 0.29) is 18.7 Å². The van der Waals surface area contributed by atoms with Gasteiger partial charge in [-0.3, -0.25) is 4.79 Å². The molecule has 0 aliphatic carbocycles. The number of rotatable bonds is 6. The number of hydrogen-bond acceptors (Lipinski definition) is 4. The van der Waals surface area contributed by atoms with Gasteiger partial charge in [0.2, 0.25) is 12.7 Å². The molecule has 2 rings (SSSR count). The predicted octanol–water partition coefficient (Wildman–Crippen LogP) is 1.62. The Balaban J connectivity index is 1.78. The third-order valence-corrected chi connectivity index (χ3v) is 3.18. The zero-order valence-electron chi connectivity index (χ0n) is 11.9. The lowest BCUT2D eigenvalue weighted by molar-refractivity contribution is -0.121. The van der Waals surface area contributed by atoms with E-state index in [4.69, 9.17) is 9.47 Å². The monoisotopic (exact) mass is 279 g/mol. The quantitative estimate of drug-likeness (QED) is 0.830. The van der Waals surface area contributed by atoms with E-state index >= 15 is 0 Å². The summed E-state index contributed by atoms with van der Waals surface area (Å²) in [5.41, 5.74) is 1.05. The highest BCUT2D eigenvalue weighted by atomic mass is 16.7. The summed E-state index contributed by atoms with van der Waals surface area (Å²) in [6.45, 7) is 3.87. The lowest BCUT2D eigenvalue weighted by Crippen LogP contribution is -2.34. The Kier molecular flexibility index (Phi) is 4.84. The number of carbonyl (C=O) groups excluding carboxylic acids is 1. The maximum atomic E-state index is 11.8. The minimum Gasteiger partial charge on any atom is -0.454 e. The number of fused-ring (bicyclic) bond motifs is 1. The molecule has 1 aliphatic heterocycles. The van der Waals surface area contributed by atoms with Crippen molar-refractivity contribution in [3.8, 4) is 11.5 Å². The van der Waals surface area contributed by atoms with Crippen molar-refractivity contribution in [2.75, 3.05) is 6.79 Å². The molecular formula is C15H21NO4. The molecule has 0 aromatic heterocycles. The lowest BCUT2D eigenvalue weighted by atomic mass is 10.1. The fourth-order valence-corrected chi connectivity index (χ4v) is 2.27. The van der Waals surface area contributed by atoms with Crippen LogP contribution >= 0.6 is 0 Å². The number of nitrogens with one attached hydrogen (secondary N) is 1. The zero-order chi connectivity index (χ0) is 14.5. The second-order valence-electron chi connectivity index (χ2n) is 5.24. The molecular weight excluding hydrogens is 258 g/mol. The second kappa shape index (κ2) is 6.61. The van der Waals surface area contributed by atoms with E-state index < -0.39 is 6.10 Å². The van der Waals surface area contributed by atoms with Crippen LogP contribution in [0.25, 0.3) is 0 Å². The van der Waals surface area contributed by atoms with E-state index in [1.165, 1.54) is 0 Å². The van der Waals surface area contributed by atoms with Crippen LogP contribution in [-0.4, -0.2) is 30.0 Å². The van der Waals surface area contributed by atoms with Crippen molar-refractivity contribution in [2.24, 2.45) is 0 Å². The normalized spacial score (nSPS) is 15.8. The number of aliphatic hydroxyl groups is 1. The van der Waals surface area contributed by atoms with Crippen LogP contribution in [0.5, 0.6) is 11.5 Å². The molecule has 2 atom stereocenters. The average molecular weight is 279 g/mol. The first-order valence-electron chi connectivity index (χ1n) is 6.90. The molecule has 1 aromatic rings. The van der Waals surface area contributed by atoms with E-state index in [0.717, 1.165) is 17.1 Å². The Morgan fingerprint density at radius 3 is 2.85 bits per heavy atom. The van der Waals surface area contributed by atoms with Crippen LogP contribution in [-0.2, 0) is 11.2 Å². The second-order valence-corrected chi connectivity index (χ2v) is 5.24. The lowest BCUT2D eigenvalue weighted by Gasteiger charge is -2.15. The smallest absolute Gasteiger partial charge is 0.231 e. The van der Waals surface area contributed by atoms with Crippen LogP contribution in [0.15, 0.2) is 18.2 Å². The van der Waals surface area contributed by atoms with Gasteiger partial charge in [-0.05, 0) is 44.4 Å². The van der Waals surface area contributed by atoms with Gasteiger partial charge < -0.3 is 19.9 Å². The topological polar surface area (TPSA) is 67.8 Å². The summed E-state index contributed by atoms with van der Waals surface area (Å²) in [6.07, 6.45) is 1.24. The van der Waals surface area contributed by atoms with Gasteiger partial charge in [0.05, 0.1) is 6.10 Å². The highest BCUT2D eigenvalue weighted by molar-refractivity contribution is 5.76. The summed E-state index contributed by atoms with van der Waals surface area (Å²) < 4.78 is 10.5. The van der Waals surface area contributed by atoms with Crippen LogP contribution in [0.4, 0.5) is 0 Å². The zero-order valence-corrected chi connectivity index (χ0v) is 11.9. The first kappa shape index (κ1) is 14.7. The van der Waals surface area contributed by atoms with Crippen molar-refractivity contribution in [1.29, 1.82) is 0 Å². The first-order valence-corrected chi connectivity index (χ1v) is 6.90. The van der Waals surface area contributed by atoms with Crippen molar-refractivity contribution in [2.45, 2.75) is 45.3 Å². The summed E-state index contributed by atoms with van der Waals surface area (Å²) >= 11 is 0. The molecule has 110 valence electrons. The Bertz CT molecular complexity index is 473. The predicted molar refractivity (Wildman–Crippen MR) is 74.8 cm³/mol. The number of aliphatic hydroxyl groups excluding tert-OH is 1. The van der Waals surface area contributed by atoms with Crippen LogP contribution in [0.3, 0.4) is 0 Å². The van der Waals surface area contributed by atoms with Crippen molar-refractivity contribution in [3.63, 3.8) is 0 Å². The maximum Gasteiger partial charge on any atom is 0.231 e. The third-order valence-electron chi connectivity index (χ3n) is 3.18. The molecule has 20 heavy (non-hydrogen) atoms. The Morgan fingerprint density at radius 2 is 2.10 bits per heavy atom. The third kappa shape index (κ3) is 4.13. The number of benzene rings is 1. The molecule has 0 bridgehead atoms. The van der Waals surface area contributed by atoms with Gasteiger partial charge in [-0.15, -0.1) is 0 Å². The standard InChI is InChI=1S/C15H21NO4/c1-10(7-11(2)17)16-15(18)6-4-12-3-5-13-14(8-12)20-9-19-13/h3,5,8,10-11,17H,4,6-7,9H2,1-2H3,(H,16,18). The van der Waals surface area contributed by atoms with E-state index in [0.29, 0.717) is 19.3 Å². The van der Waals surface area contributed by atoms with E-state index in [2.05, 4.69) is 5.32 Å². The highest BCUT2D eigenvalue weighted by Crippen LogP contribution is 2.32. The largest absolute Gasteiger partial charge is 0.454 e. The van der Waals surface area contributed by atoms with Crippen LogP contribution in [0.1, 0.15) is 32.3 Å². The molecule has 2 N–H and O–H groups in total. The number of carbonyl (C=O) groups is 1. The van der Waals surface area contributed by atoms with Crippen molar-refractivity contribution >= 4 is 5.91 Å². The Labute approximate surface area is 118 Å². The minimum atomic E-state index is -0.404. The highest BCUT2D eigenvalue weighted by Gasteiger charge is 2.14. The summed E-state index contributed by atoms with van der Waals surface area (Å²) in [7, 11) is 0. The Morgan fingerprint density at radius 1 is 1.35 bits per heavy atom. The van der Waals surface area contributed by atoms with Gasteiger partial charge in [0.15, 0.2) is 11.5 Å².